The molecule has 1 N–H and O–H groups in total. The molecule has 0 aliphatic carbocycles. The van der Waals surface area contributed by atoms with E-state index in [1.165, 1.54) is 0 Å². The van der Waals surface area contributed by atoms with Gasteiger partial charge in [-0.3, -0.25) is 4.55 Å². The van der Waals surface area contributed by atoms with Gasteiger partial charge in [0.2, 0.25) is 0 Å². The Kier molecular flexibility index (Phi) is 6.74. The Hall–Kier alpha value is 1.03. The molecule has 1 atom stereocenters. The Morgan fingerprint density at radius 1 is 1.67 bits per heavy atom. The third kappa shape index (κ3) is 5.47. The molecule has 0 aromatic rings. The summed E-state index contributed by atoms with van der Waals surface area (Å²) in [6.07, 6.45) is 0.321. The van der Waals surface area contributed by atoms with E-state index in [1.54, 1.807) is 6.92 Å². The first-order valence-electron chi connectivity index (χ1n) is 2.13. The highest BCUT2D eigenvalue weighted by Crippen LogP contribution is 2.06. The summed E-state index contributed by atoms with van der Waals surface area (Å²) in [5.41, 5.74) is 0. The van der Waals surface area contributed by atoms with Crippen LogP contribution in [0, 0.1) is 0 Å². The van der Waals surface area contributed by atoms with Gasteiger partial charge in [-0.2, -0.15) is 21.0 Å². The average molecular weight is 183 g/mol. The maximum absolute atomic E-state index is 10.0. The molecule has 0 fully saturated rings. The van der Waals surface area contributed by atoms with Gasteiger partial charge in [0.25, 0.3) is 10.1 Å². The van der Waals surface area contributed by atoms with Gasteiger partial charge in [0.15, 0.2) is 0 Å². The van der Waals surface area contributed by atoms with Crippen molar-refractivity contribution in [3.8, 4) is 0 Å². The molecule has 54 valence electrons. The Morgan fingerprint density at radius 3 is 2.00 bits per heavy atom. The van der Waals surface area contributed by atoms with Gasteiger partial charge in [-0.25, -0.2) is 0 Å². The van der Waals surface area contributed by atoms with Crippen molar-refractivity contribution in [3.63, 3.8) is 0 Å². The van der Waals surface area contributed by atoms with Crippen LogP contribution in [0.5, 0.6) is 0 Å². The Morgan fingerprint density at radius 2 is 2.00 bits per heavy atom. The number of hydrogen-bond donors (Lipinski definition) is 2. The molecular weight excluding hydrogens is 172 g/mol. The smallest absolute Gasteiger partial charge is 0.285 e. The minimum absolute atomic E-state index is 0. The normalized spacial score (nSPS) is 14.1. The Balaban J connectivity index is 0. The second-order valence-electron chi connectivity index (χ2n) is 1.38. The Labute approximate surface area is 76.5 Å². The third-order valence-corrected chi connectivity index (χ3v) is 2.88. The van der Waals surface area contributed by atoms with Crippen molar-refractivity contribution < 1.29 is 13.0 Å². The van der Waals surface area contributed by atoms with Gasteiger partial charge in [-0.15, -0.1) is 0 Å². The van der Waals surface area contributed by atoms with Crippen LogP contribution in [-0.4, -0.2) is 40.6 Å². The Bertz CT molecular complexity index is 152. The van der Waals surface area contributed by atoms with E-state index >= 15 is 0 Å². The largest absolute Gasteiger partial charge is 0.316 e. The molecule has 0 heterocycles. The van der Waals surface area contributed by atoms with Crippen LogP contribution in [-0.2, 0) is 10.1 Å². The lowest BCUT2D eigenvalue weighted by molar-refractivity contribution is 0.479. The highest BCUT2D eigenvalue weighted by Gasteiger charge is 2.14. The summed E-state index contributed by atoms with van der Waals surface area (Å²) >= 11 is 3.57. The molecule has 0 aliphatic heterocycles. The highest BCUT2D eigenvalue weighted by molar-refractivity contribution is 8.01. The van der Waals surface area contributed by atoms with Gasteiger partial charge in [-0.05, 0) is 6.42 Å². The monoisotopic (exact) mass is 182 g/mol. The van der Waals surface area contributed by atoms with Crippen LogP contribution in [0.25, 0.3) is 0 Å². The quantitative estimate of drug-likeness (QED) is 0.348. The zero-order valence-electron chi connectivity index (χ0n) is 4.40. The van der Waals surface area contributed by atoms with E-state index in [-0.39, 0.29) is 23.1 Å². The van der Waals surface area contributed by atoms with Crippen LogP contribution in [0.2, 0.25) is 0 Å². The van der Waals surface area contributed by atoms with Gasteiger partial charge >= 0.3 is 23.1 Å². The SMILES string of the molecule is CCC(S)S(=O)(=O)O.[MgH2]. The lowest BCUT2D eigenvalue weighted by Gasteiger charge is -1.99. The molecule has 0 aromatic heterocycles. The predicted octanol–water partition coefficient (Wildman–Crippen LogP) is -0.376. The zero-order chi connectivity index (χ0) is 6.78. The fraction of sp³-hybridized carbons (Fsp3) is 1.00. The van der Waals surface area contributed by atoms with Gasteiger partial charge in [-0.1, -0.05) is 6.92 Å². The standard InChI is InChI=1S/C3H8O3S2.Mg.2H/c1-2-3(7)8(4,5)6;;;/h3,7H,2H2,1H3,(H,4,5,6);;;. The van der Waals surface area contributed by atoms with Crippen molar-refractivity contribution in [2.24, 2.45) is 0 Å². The molecule has 0 spiro atoms. The van der Waals surface area contributed by atoms with E-state index in [4.69, 9.17) is 4.55 Å². The molecule has 1 unspecified atom stereocenters. The van der Waals surface area contributed by atoms with Crippen LogP contribution in [0.4, 0.5) is 0 Å². The number of thiol groups is 1. The lowest BCUT2D eigenvalue weighted by Crippen LogP contribution is -2.11. The maximum atomic E-state index is 10.0. The molecule has 0 bridgehead atoms. The van der Waals surface area contributed by atoms with Crippen molar-refractivity contribution in [1.82, 2.24) is 0 Å². The van der Waals surface area contributed by atoms with Gasteiger partial charge in [0, 0.05) is 0 Å². The van der Waals surface area contributed by atoms with Gasteiger partial charge in [0.1, 0.15) is 4.58 Å². The molecular formula is C3H10MgO3S2. The molecule has 0 aromatic carbocycles. The van der Waals surface area contributed by atoms with Crippen molar-refractivity contribution in [2.75, 3.05) is 0 Å². The van der Waals surface area contributed by atoms with Gasteiger partial charge in [0.05, 0.1) is 0 Å². The van der Waals surface area contributed by atoms with Gasteiger partial charge < -0.3 is 0 Å². The number of rotatable bonds is 2. The van der Waals surface area contributed by atoms with Crippen LogP contribution in [0.3, 0.4) is 0 Å². The fourth-order valence-electron chi connectivity index (χ4n) is 0.211. The van der Waals surface area contributed by atoms with Crippen LogP contribution in [0.1, 0.15) is 13.3 Å². The first-order chi connectivity index (χ1) is 3.48. The predicted molar refractivity (Wildman–Crippen MR) is 43.2 cm³/mol. The molecule has 9 heavy (non-hydrogen) atoms. The molecule has 0 saturated heterocycles. The van der Waals surface area contributed by atoms with Crippen molar-refractivity contribution >= 4 is 45.8 Å². The summed E-state index contributed by atoms with van der Waals surface area (Å²) in [4.78, 5) is 0. The third-order valence-electron chi connectivity index (χ3n) is 0.693. The second kappa shape index (κ2) is 4.78. The minimum atomic E-state index is -3.89. The maximum Gasteiger partial charge on any atom is 0.316 e. The first-order valence-corrected chi connectivity index (χ1v) is 4.14. The molecule has 6 heteroatoms. The van der Waals surface area contributed by atoms with Crippen LogP contribution in [0.15, 0.2) is 0 Å². The van der Waals surface area contributed by atoms with E-state index < -0.39 is 14.7 Å². The first kappa shape index (κ1) is 12.7. The second-order valence-corrected chi connectivity index (χ2v) is 3.95. The average Bonchev–Trinajstić information content (AvgIpc) is 1.62. The fourth-order valence-corrected chi connectivity index (χ4v) is 0.632. The summed E-state index contributed by atoms with van der Waals surface area (Å²) in [7, 11) is -3.89. The van der Waals surface area contributed by atoms with E-state index in [9.17, 15) is 8.42 Å². The summed E-state index contributed by atoms with van der Waals surface area (Å²) in [5.74, 6) is 0. The highest BCUT2D eigenvalue weighted by atomic mass is 32.3. The molecule has 0 saturated carbocycles. The summed E-state index contributed by atoms with van der Waals surface area (Å²) in [6.45, 7) is 1.63. The summed E-state index contributed by atoms with van der Waals surface area (Å²) in [6, 6.07) is 0. The van der Waals surface area contributed by atoms with Crippen molar-refractivity contribution in [1.29, 1.82) is 0 Å². The van der Waals surface area contributed by atoms with E-state index in [0.717, 1.165) is 0 Å². The molecule has 0 aliphatic rings. The zero-order valence-corrected chi connectivity index (χ0v) is 6.11. The summed E-state index contributed by atoms with van der Waals surface area (Å²) in [5, 5.41) is 0. The van der Waals surface area contributed by atoms with E-state index in [0.29, 0.717) is 6.42 Å². The molecule has 0 rings (SSSR count). The topological polar surface area (TPSA) is 54.4 Å². The van der Waals surface area contributed by atoms with Crippen LogP contribution >= 0.6 is 12.6 Å². The minimum Gasteiger partial charge on any atom is -0.285 e. The molecule has 0 amide bonds. The van der Waals surface area contributed by atoms with E-state index in [2.05, 4.69) is 12.6 Å². The van der Waals surface area contributed by atoms with E-state index in [1.807, 2.05) is 0 Å². The number of hydrogen-bond acceptors (Lipinski definition) is 3. The molecule has 0 radical (unpaired) electrons. The van der Waals surface area contributed by atoms with Crippen molar-refractivity contribution in [3.05, 3.63) is 0 Å². The lowest BCUT2D eigenvalue weighted by atomic mass is 10.6. The summed E-state index contributed by atoms with van der Waals surface area (Å²) < 4.78 is 27.3. The van der Waals surface area contributed by atoms with Crippen LogP contribution < -0.4 is 0 Å². The molecule has 3 nitrogen and oxygen atoms in total. The van der Waals surface area contributed by atoms with Crippen molar-refractivity contribution in [2.45, 2.75) is 17.9 Å².